The minimum Gasteiger partial charge on any atom is -0.346 e. The Morgan fingerprint density at radius 1 is 1.23 bits per heavy atom. The van der Waals surface area contributed by atoms with E-state index in [1.165, 1.54) is 10.6 Å². The smallest absolute Gasteiger partial charge is 0.227 e. The lowest BCUT2D eigenvalue weighted by molar-refractivity contribution is -0.131. The number of carbonyl (C=O) groups excluding carboxylic acids is 1. The Bertz CT molecular complexity index is 755. The van der Waals surface area contributed by atoms with Gasteiger partial charge in [0.2, 0.25) is 5.91 Å². The van der Waals surface area contributed by atoms with E-state index in [1.807, 2.05) is 17.0 Å². The number of nitrogens with zero attached hydrogens (tertiary/aromatic N) is 5. The zero-order valence-corrected chi connectivity index (χ0v) is 16.0. The van der Waals surface area contributed by atoms with Gasteiger partial charge in [0.15, 0.2) is 5.13 Å². The third kappa shape index (κ3) is 3.73. The first-order valence-electron chi connectivity index (χ1n) is 9.35. The molecule has 1 amide bonds. The number of amides is 1. The van der Waals surface area contributed by atoms with Crippen LogP contribution in [0.1, 0.15) is 23.1 Å². The van der Waals surface area contributed by atoms with Crippen molar-refractivity contribution in [1.82, 2.24) is 19.8 Å². The van der Waals surface area contributed by atoms with Gasteiger partial charge in [-0.3, -0.25) is 9.78 Å². The lowest BCUT2D eigenvalue weighted by atomic mass is 10.1. The molecule has 0 bridgehead atoms. The van der Waals surface area contributed by atoms with Gasteiger partial charge < -0.3 is 14.7 Å². The van der Waals surface area contributed by atoms with E-state index >= 15 is 0 Å². The van der Waals surface area contributed by atoms with E-state index in [0.717, 1.165) is 56.4 Å². The van der Waals surface area contributed by atoms with Gasteiger partial charge in [0.1, 0.15) is 0 Å². The second-order valence-electron chi connectivity index (χ2n) is 6.89. The summed E-state index contributed by atoms with van der Waals surface area (Å²) in [6, 6.07) is 3.84. The molecule has 26 heavy (non-hydrogen) atoms. The highest BCUT2D eigenvalue weighted by Crippen LogP contribution is 2.31. The fraction of sp³-hybridized carbons (Fsp3) is 0.526. The molecule has 0 spiro atoms. The second kappa shape index (κ2) is 7.72. The average molecular weight is 372 g/mol. The van der Waals surface area contributed by atoms with Gasteiger partial charge in [-0.1, -0.05) is 24.3 Å². The van der Waals surface area contributed by atoms with Crippen molar-refractivity contribution in [2.45, 2.75) is 26.3 Å². The maximum absolute atomic E-state index is 12.6. The molecule has 4 rings (SSSR count). The van der Waals surface area contributed by atoms with Crippen LogP contribution in [0.2, 0.25) is 0 Å². The lowest BCUT2D eigenvalue weighted by Gasteiger charge is -2.33. The summed E-state index contributed by atoms with van der Waals surface area (Å²) in [5.74, 6) is 0.176. The summed E-state index contributed by atoms with van der Waals surface area (Å²) in [5.41, 5.74) is 2.16. The molecule has 6 nitrogen and oxygen atoms in total. The molecule has 0 radical (unpaired) electrons. The predicted molar refractivity (Wildman–Crippen MR) is 104 cm³/mol. The van der Waals surface area contributed by atoms with Crippen molar-refractivity contribution in [2.24, 2.45) is 0 Å². The fourth-order valence-electron chi connectivity index (χ4n) is 3.57. The van der Waals surface area contributed by atoms with Crippen LogP contribution in [0, 0.1) is 0 Å². The summed E-state index contributed by atoms with van der Waals surface area (Å²) in [7, 11) is 0. The average Bonchev–Trinajstić information content (AvgIpc) is 3.12. The monoisotopic (exact) mass is 371 g/mol. The third-order valence-corrected chi connectivity index (χ3v) is 6.38. The number of rotatable bonds is 4. The van der Waals surface area contributed by atoms with Crippen molar-refractivity contribution >= 4 is 22.4 Å². The van der Waals surface area contributed by atoms with E-state index in [2.05, 4.69) is 21.7 Å². The number of carbonyl (C=O) groups is 1. The third-order valence-electron chi connectivity index (χ3n) is 5.24. The maximum Gasteiger partial charge on any atom is 0.227 e. The number of likely N-dealkylation sites (N-methyl/N-ethyl adjacent to an activating group) is 1. The topological polar surface area (TPSA) is 52.6 Å². The SMILES string of the molecule is CCN1CCN(c2nc3c(s2)CN(C(=O)Cc2cccnc2)CC3)CC1. The normalized spacial score (nSPS) is 18.0. The van der Waals surface area contributed by atoms with Gasteiger partial charge in [-0.05, 0) is 18.2 Å². The Morgan fingerprint density at radius 3 is 2.81 bits per heavy atom. The van der Waals surface area contributed by atoms with Crippen molar-refractivity contribution < 1.29 is 4.79 Å². The molecule has 0 unspecified atom stereocenters. The number of hydrogen-bond acceptors (Lipinski definition) is 6. The molecular weight excluding hydrogens is 346 g/mol. The van der Waals surface area contributed by atoms with Crippen LogP contribution >= 0.6 is 11.3 Å². The molecule has 0 aromatic carbocycles. The van der Waals surface area contributed by atoms with E-state index < -0.39 is 0 Å². The Morgan fingerprint density at radius 2 is 2.08 bits per heavy atom. The Kier molecular flexibility index (Phi) is 5.17. The summed E-state index contributed by atoms with van der Waals surface area (Å²) in [6.45, 7) is 9.10. The zero-order chi connectivity index (χ0) is 17.9. The molecule has 138 valence electrons. The molecule has 1 saturated heterocycles. The molecule has 2 aromatic rings. The van der Waals surface area contributed by atoms with Crippen LogP contribution in [-0.4, -0.2) is 64.9 Å². The first kappa shape index (κ1) is 17.4. The van der Waals surface area contributed by atoms with Crippen molar-refractivity contribution in [3.8, 4) is 0 Å². The van der Waals surface area contributed by atoms with Crippen LogP contribution in [0.25, 0.3) is 0 Å². The van der Waals surface area contributed by atoms with Crippen LogP contribution in [0.3, 0.4) is 0 Å². The minimum atomic E-state index is 0.176. The minimum absolute atomic E-state index is 0.176. The summed E-state index contributed by atoms with van der Waals surface area (Å²) < 4.78 is 0. The molecule has 1 fully saturated rings. The molecule has 0 N–H and O–H groups in total. The van der Waals surface area contributed by atoms with Crippen LogP contribution in [-0.2, 0) is 24.2 Å². The summed E-state index contributed by atoms with van der Waals surface area (Å²) in [6.07, 6.45) is 4.79. The van der Waals surface area contributed by atoms with E-state index in [-0.39, 0.29) is 5.91 Å². The van der Waals surface area contributed by atoms with Crippen LogP contribution in [0.15, 0.2) is 24.5 Å². The maximum atomic E-state index is 12.6. The van der Waals surface area contributed by atoms with E-state index in [1.54, 1.807) is 23.7 Å². The lowest BCUT2D eigenvalue weighted by Crippen LogP contribution is -2.46. The highest BCUT2D eigenvalue weighted by atomic mass is 32.1. The van der Waals surface area contributed by atoms with Gasteiger partial charge in [0.25, 0.3) is 0 Å². The van der Waals surface area contributed by atoms with E-state index in [9.17, 15) is 4.79 Å². The van der Waals surface area contributed by atoms with Crippen LogP contribution in [0.4, 0.5) is 5.13 Å². The zero-order valence-electron chi connectivity index (χ0n) is 15.2. The number of pyridine rings is 1. The second-order valence-corrected chi connectivity index (χ2v) is 7.95. The fourth-order valence-corrected chi connectivity index (χ4v) is 4.75. The van der Waals surface area contributed by atoms with Gasteiger partial charge in [0.05, 0.1) is 18.7 Å². The first-order chi connectivity index (χ1) is 12.7. The quantitative estimate of drug-likeness (QED) is 0.820. The molecule has 0 aliphatic carbocycles. The molecular formula is C19H25N5OS. The Labute approximate surface area is 158 Å². The predicted octanol–water partition coefficient (Wildman–Crippen LogP) is 1.81. The standard InChI is InChI=1S/C19H25N5OS/c1-2-22-8-10-23(11-9-22)19-21-16-5-7-24(14-17(16)26-19)18(25)12-15-4-3-6-20-13-15/h3-4,6,13H,2,5,7-12,14H2,1H3. The van der Waals surface area contributed by atoms with Crippen LogP contribution in [0.5, 0.6) is 0 Å². The molecule has 7 heteroatoms. The van der Waals surface area contributed by atoms with E-state index in [4.69, 9.17) is 4.98 Å². The van der Waals surface area contributed by atoms with Crippen molar-refractivity contribution in [3.05, 3.63) is 40.7 Å². The van der Waals surface area contributed by atoms with Crippen molar-refractivity contribution in [1.29, 1.82) is 0 Å². The largest absolute Gasteiger partial charge is 0.346 e. The molecule has 0 atom stereocenters. The van der Waals surface area contributed by atoms with Gasteiger partial charge in [-0.25, -0.2) is 4.98 Å². The summed E-state index contributed by atoms with van der Waals surface area (Å²) in [5, 5.41) is 1.13. The number of fused-ring (bicyclic) bond motifs is 1. The number of aromatic nitrogens is 2. The van der Waals surface area contributed by atoms with Gasteiger partial charge in [-0.15, -0.1) is 0 Å². The Hall–Kier alpha value is -1.99. The van der Waals surface area contributed by atoms with Gasteiger partial charge >= 0.3 is 0 Å². The first-order valence-corrected chi connectivity index (χ1v) is 10.2. The van der Waals surface area contributed by atoms with E-state index in [0.29, 0.717) is 13.0 Å². The van der Waals surface area contributed by atoms with Gasteiger partial charge in [0, 0.05) is 56.4 Å². The number of thiazole rings is 1. The molecule has 2 aliphatic rings. The number of hydrogen-bond donors (Lipinski definition) is 0. The number of piperazine rings is 1. The highest BCUT2D eigenvalue weighted by molar-refractivity contribution is 7.15. The number of anilines is 1. The summed E-state index contributed by atoms with van der Waals surface area (Å²) in [4.78, 5) is 29.7. The molecule has 2 aliphatic heterocycles. The summed E-state index contributed by atoms with van der Waals surface area (Å²) >= 11 is 1.77. The van der Waals surface area contributed by atoms with Gasteiger partial charge in [-0.2, -0.15) is 0 Å². The Balaban J connectivity index is 1.40. The molecule has 0 saturated carbocycles. The molecule has 4 heterocycles. The van der Waals surface area contributed by atoms with Crippen molar-refractivity contribution in [3.63, 3.8) is 0 Å². The van der Waals surface area contributed by atoms with Crippen molar-refractivity contribution in [2.75, 3.05) is 44.2 Å². The van der Waals surface area contributed by atoms with Crippen LogP contribution < -0.4 is 4.90 Å². The highest BCUT2D eigenvalue weighted by Gasteiger charge is 2.26. The molecule has 2 aromatic heterocycles.